The van der Waals surface area contributed by atoms with Gasteiger partial charge in [-0.15, -0.1) is 0 Å². The number of nitrogens with zero attached hydrogens (tertiary/aromatic N) is 1. The van der Waals surface area contributed by atoms with E-state index in [0.717, 1.165) is 6.92 Å². The molecule has 0 atom stereocenters. The number of benzene rings is 2. The van der Waals surface area contributed by atoms with Gasteiger partial charge in [0.15, 0.2) is 5.75 Å². The van der Waals surface area contributed by atoms with Gasteiger partial charge in [-0.1, -0.05) is 23.2 Å². The van der Waals surface area contributed by atoms with E-state index in [-0.39, 0.29) is 0 Å². The number of pyridine rings is 1. The Balaban J connectivity index is 2.10. The molecule has 1 heterocycles. The Morgan fingerprint density at radius 3 is 2.54 bits per heavy atom. The van der Waals surface area contributed by atoms with E-state index < -0.39 is 23.0 Å². The van der Waals surface area contributed by atoms with E-state index in [9.17, 15) is 14.7 Å². The summed E-state index contributed by atoms with van der Waals surface area (Å²) in [7, 11) is 1.50. The monoisotopic (exact) mass is 393 g/mol. The molecule has 6 nitrogen and oxygen atoms in total. The van der Waals surface area contributed by atoms with Crippen molar-refractivity contribution in [2.45, 2.75) is 6.92 Å². The zero-order valence-electron chi connectivity index (χ0n) is 13.7. The standard InChI is InChI=1S/C18H13Cl2NO5/c1-9(22)25-17-16(23)12-5-4-11(8-14(12)21(2)18(17)24)26-15-6-3-10(19)7-13(15)20/h3-8,23H,1-2H3. The highest BCUT2D eigenvalue weighted by Gasteiger charge is 2.18. The summed E-state index contributed by atoms with van der Waals surface area (Å²) in [5.74, 6) is -0.733. The number of ether oxygens (including phenoxy) is 2. The minimum atomic E-state index is -0.700. The molecular weight excluding hydrogens is 381 g/mol. The minimum Gasteiger partial charge on any atom is -0.504 e. The summed E-state index contributed by atoms with van der Waals surface area (Å²) in [5.41, 5.74) is -0.252. The second-order valence-electron chi connectivity index (χ2n) is 5.49. The van der Waals surface area contributed by atoms with Crippen LogP contribution < -0.4 is 15.0 Å². The van der Waals surface area contributed by atoms with E-state index in [2.05, 4.69) is 0 Å². The maximum Gasteiger partial charge on any atom is 0.308 e. The Kier molecular flexibility index (Phi) is 4.80. The Hall–Kier alpha value is -2.70. The van der Waals surface area contributed by atoms with Crippen LogP contribution in [-0.2, 0) is 11.8 Å². The van der Waals surface area contributed by atoms with Crippen molar-refractivity contribution < 1.29 is 19.4 Å². The number of aromatic nitrogens is 1. The van der Waals surface area contributed by atoms with Gasteiger partial charge in [0.25, 0.3) is 5.56 Å². The SMILES string of the molecule is CC(=O)Oc1c(O)c2ccc(Oc3ccc(Cl)cc3Cl)cc2n(C)c1=O. The topological polar surface area (TPSA) is 77.8 Å². The maximum absolute atomic E-state index is 12.3. The van der Waals surface area contributed by atoms with E-state index in [1.54, 1.807) is 36.4 Å². The van der Waals surface area contributed by atoms with Crippen LogP contribution in [0.1, 0.15) is 6.92 Å². The van der Waals surface area contributed by atoms with Crippen LogP contribution in [-0.4, -0.2) is 15.6 Å². The second-order valence-corrected chi connectivity index (χ2v) is 6.33. The van der Waals surface area contributed by atoms with Crippen LogP contribution in [0.5, 0.6) is 23.0 Å². The molecule has 0 amide bonds. The quantitative estimate of drug-likeness (QED) is 0.672. The lowest BCUT2D eigenvalue weighted by Crippen LogP contribution is -2.21. The molecule has 1 aromatic heterocycles. The van der Waals surface area contributed by atoms with Crippen molar-refractivity contribution in [3.63, 3.8) is 0 Å². The van der Waals surface area contributed by atoms with E-state index in [0.29, 0.717) is 32.4 Å². The van der Waals surface area contributed by atoms with E-state index in [1.165, 1.54) is 11.6 Å². The van der Waals surface area contributed by atoms with Gasteiger partial charge in [0.05, 0.1) is 10.5 Å². The summed E-state index contributed by atoms with van der Waals surface area (Å²) in [6.07, 6.45) is 0. The highest BCUT2D eigenvalue weighted by molar-refractivity contribution is 6.35. The number of esters is 1. The predicted octanol–water partition coefficient (Wildman–Crippen LogP) is 4.27. The number of rotatable bonds is 3. The van der Waals surface area contributed by atoms with Crippen molar-refractivity contribution in [1.82, 2.24) is 4.57 Å². The molecule has 1 N–H and O–H groups in total. The first-order valence-electron chi connectivity index (χ1n) is 7.45. The van der Waals surface area contributed by atoms with Crippen molar-refractivity contribution in [2.75, 3.05) is 0 Å². The molecule has 0 saturated heterocycles. The summed E-state index contributed by atoms with van der Waals surface area (Å²) in [6, 6.07) is 9.52. The van der Waals surface area contributed by atoms with Crippen molar-refractivity contribution in [3.05, 3.63) is 56.8 Å². The number of aryl methyl sites for hydroxylation is 1. The van der Waals surface area contributed by atoms with Crippen molar-refractivity contribution in [2.24, 2.45) is 7.05 Å². The average molecular weight is 394 g/mol. The molecule has 3 rings (SSSR count). The molecule has 0 radical (unpaired) electrons. The molecule has 2 aromatic carbocycles. The van der Waals surface area contributed by atoms with Gasteiger partial charge in [0.1, 0.15) is 11.5 Å². The number of hydrogen-bond donors (Lipinski definition) is 1. The van der Waals surface area contributed by atoms with Crippen molar-refractivity contribution >= 4 is 40.1 Å². The molecule has 3 aromatic rings. The summed E-state index contributed by atoms with van der Waals surface area (Å²) in [4.78, 5) is 23.5. The number of aromatic hydroxyl groups is 1. The van der Waals surface area contributed by atoms with Gasteiger partial charge >= 0.3 is 5.97 Å². The fourth-order valence-corrected chi connectivity index (χ4v) is 2.91. The van der Waals surface area contributed by atoms with Crippen LogP contribution in [0.15, 0.2) is 41.2 Å². The third-order valence-corrected chi connectivity index (χ3v) is 4.20. The van der Waals surface area contributed by atoms with Crippen LogP contribution in [0, 0.1) is 0 Å². The lowest BCUT2D eigenvalue weighted by Gasteiger charge is -2.13. The normalized spacial score (nSPS) is 10.8. The second kappa shape index (κ2) is 6.90. The molecule has 0 aliphatic heterocycles. The van der Waals surface area contributed by atoms with Gasteiger partial charge in [0.2, 0.25) is 5.75 Å². The number of fused-ring (bicyclic) bond motifs is 1. The number of halogens is 2. The predicted molar refractivity (Wildman–Crippen MR) is 98.7 cm³/mol. The first kappa shape index (κ1) is 18.1. The molecule has 0 unspecified atom stereocenters. The maximum atomic E-state index is 12.3. The summed E-state index contributed by atoms with van der Waals surface area (Å²) in [6.45, 7) is 1.15. The van der Waals surface area contributed by atoms with Gasteiger partial charge in [-0.05, 0) is 30.3 Å². The van der Waals surface area contributed by atoms with Gasteiger partial charge in [0, 0.05) is 30.4 Å². The van der Waals surface area contributed by atoms with Crippen molar-refractivity contribution in [3.8, 4) is 23.0 Å². The van der Waals surface area contributed by atoms with E-state index in [4.69, 9.17) is 32.7 Å². The van der Waals surface area contributed by atoms with E-state index >= 15 is 0 Å². The average Bonchev–Trinajstić information content (AvgIpc) is 2.59. The number of hydrogen-bond acceptors (Lipinski definition) is 5. The van der Waals surface area contributed by atoms with Crippen LogP contribution in [0.25, 0.3) is 10.9 Å². The highest BCUT2D eigenvalue weighted by Crippen LogP contribution is 2.36. The Morgan fingerprint density at radius 2 is 1.88 bits per heavy atom. The molecule has 0 fully saturated rings. The zero-order valence-corrected chi connectivity index (χ0v) is 15.3. The molecule has 0 aliphatic carbocycles. The molecule has 8 heteroatoms. The molecule has 0 bridgehead atoms. The first-order chi connectivity index (χ1) is 12.3. The first-order valence-corrected chi connectivity index (χ1v) is 8.20. The molecule has 0 aliphatic rings. The van der Waals surface area contributed by atoms with Crippen LogP contribution >= 0.6 is 23.2 Å². The number of carbonyl (C=O) groups excluding carboxylic acids is 1. The Morgan fingerprint density at radius 1 is 1.15 bits per heavy atom. The molecule has 26 heavy (non-hydrogen) atoms. The van der Waals surface area contributed by atoms with Gasteiger partial charge < -0.3 is 19.1 Å². The lowest BCUT2D eigenvalue weighted by atomic mass is 10.1. The fraction of sp³-hybridized carbons (Fsp3) is 0.111. The molecular formula is C18H13Cl2NO5. The smallest absolute Gasteiger partial charge is 0.308 e. The van der Waals surface area contributed by atoms with E-state index in [1.807, 2.05) is 0 Å². The van der Waals surface area contributed by atoms with Crippen LogP contribution in [0.2, 0.25) is 10.0 Å². The summed E-state index contributed by atoms with van der Waals surface area (Å²) < 4.78 is 11.8. The molecule has 134 valence electrons. The Labute approximate surface area is 158 Å². The van der Waals surface area contributed by atoms with Gasteiger partial charge in [-0.25, -0.2) is 0 Å². The van der Waals surface area contributed by atoms with Gasteiger partial charge in [-0.2, -0.15) is 0 Å². The largest absolute Gasteiger partial charge is 0.504 e. The molecule has 0 spiro atoms. The minimum absolute atomic E-state index is 0.331. The third-order valence-electron chi connectivity index (χ3n) is 3.67. The Bertz CT molecular complexity index is 1090. The fourth-order valence-electron chi connectivity index (χ4n) is 2.46. The zero-order chi connectivity index (χ0) is 19.0. The van der Waals surface area contributed by atoms with Crippen molar-refractivity contribution in [1.29, 1.82) is 0 Å². The highest BCUT2D eigenvalue weighted by atomic mass is 35.5. The summed E-state index contributed by atoms with van der Waals surface area (Å²) >= 11 is 12.0. The third kappa shape index (κ3) is 3.34. The molecule has 0 saturated carbocycles. The van der Waals surface area contributed by atoms with Gasteiger partial charge in [-0.3, -0.25) is 9.59 Å². The van der Waals surface area contributed by atoms with Crippen LogP contribution in [0.4, 0.5) is 0 Å². The van der Waals surface area contributed by atoms with Crippen LogP contribution in [0.3, 0.4) is 0 Å². The number of carbonyl (C=O) groups is 1. The summed E-state index contributed by atoms with van der Waals surface area (Å²) in [5, 5.41) is 11.4. The lowest BCUT2D eigenvalue weighted by molar-refractivity contribution is -0.132.